The molecular formula is C22H29ClN2O2Si2. The first-order chi connectivity index (χ1) is 13.4. The fraction of sp³-hybridized carbons (Fsp3) is 0.364. The molecule has 2 rings (SSSR count). The molecule has 2 unspecified atom stereocenters. The Bertz CT molecular complexity index is 860. The lowest BCUT2D eigenvalue weighted by Crippen LogP contribution is -2.48. The van der Waals surface area contributed by atoms with Gasteiger partial charge in [-0.3, -0.25) is 0 Å². The molecule has 0 bridgehead atoms. The van der Waals surface area contributed by atoms with Gasteiger partial charge in [-0.1, -0.05) is 48.0 Å². The number of nitriles is 2. The van der Waals surface area contributed by atoms with Crippen molar-refractivity contribution in [2.45, 2.75) is 51.1 Å². The van der Waals surface area contributed by atoms with Gasteiger partial charge in [-0.15, -0.1) is 0 Å². The Morgan fingerprint density at radius 1 is 0.862 bits per heavy atom. The average molecular weight is 445 g/mol. The third-order valence-corrected chi connectivity index (χ3v) is 14.0. The first-order valence-corrected chi connectivity index (χ1v) is 15.8. The Hall–Kier alpha value is -2.10. The van der Waals surface area contributed by atoms with Gasteiger partial charge in [-0.05, 0) is 63.3 Å². The number of hydrogen-bond acceptors (Lipinski definition) is 4. The minimum atomic E-state index is -1.97. The lowest BCUT2D eigenvalue weighted by Gasteiger charge is -2.36. The topological polar surface area (TPSA) is 77.0 Å². The van der Waals surface area contributed by atoms with Gasteiger partial charge in [0.05, 0.1) is 28.2 Å². The van der Waals surface area contributed by atoms with Crippen molar-refractivity contribution in [1.82, 2.24) is 0 Å². The molecule has 0 aromatic heterocycles. The summed E-state index contributed by atoms with van der Waals surface area (Å²) in [5.41, 5.74) is 2.04. The van der Waals surface area contributed by atoms with Crippen LogP contribution in [0, 0.1) is 22.7 Å². The molecule has 0 aliphatic rings. The van der Waals surface area contributed by atoms with Crippen LogP contribution in [0.25, 0.3) is 11.1 Å². The molecule has 2 aromatic rings. The number of benzene rings is 2. The maximum Gasteiger partial charge on any atom is 0.190 e. The highest BCUT2D eigenvalue weighted by Crippen LogP contribution is 2.31. The van der Waals surface area contributed by atoms with E-state index in [0.717, 1.165) is 11.1 Å². The van der Waals surface area contributed by atoms with Gasteiger partial charge in [0.25, 0.3) is 0 Å². The molecule has 4 nitrogen and oxygen atoms in total. The maximum atomic E-state index is 9.26. The molecule has 0 heterocycles. The van der Waals surface area contributed by atoms with Crippen molar-refractivity contribution in [2.75, 3.05) is 0 Å². The summed E-state index contributed by atoms with van der Waals surface area (Å²) in [5, 5.41) is 27.5. The van der Waals surface area contributed by atoms with Crippen LogP contribution in [-0.4, -0.2) is 21.7 Å². The molecule has 0 spiro atoms. The first-order valence-electron chi connectivity index (χ1n) is 9.48. The molecule has 2 aromatic carbocycles. The number of hydrogen-bond donors (Lipinski definition) is 1. The predicted octanol–water partition coefficient (Wildman–Crippen LogP) is 6.95. The Kier molecular flexibility index (Phi) is 9.13. The van der Waals surface area contributed by atoms with Crippen molar-refractivity contribution >= 4 is 28.2 Å². The van der Waals surface area contributed by atoms with Gasteiger partial charge >= 0.3 is 0 Å². The minimum absolute atomic E-state index is 0.0323. The van der Waals surface area contributed by atoms with Gasteiger partial charge < -0.3 is 9.22 Å². The minimum Gasteiger partial charge on any atom is -0.506 e. The number of aromatic hydroxyl groups is 1. The quantitative estimate of drug-likeness (QED) is 0.506. The second-order valence-corrected chi connectivity index (χ2v) is 17.4. The summed E-state index contributed by atoms with van der Waals surface area (Å²) in [5.74, 6) is 0.117. The van der Waals surface area contributed by atoms with Crippen molar-refractivity contribution in [1.29, 1.82) is 10.5 Å². The van der Waals surface area contributed by atoms with Crippen LogP contribution in [0.1, 0.15) is 13.8 Å². The molecule has 0 fully saturated rings. The van der Waals surface area contributed by atoms with Crippen molar-refractivity contribution < 1.29 is 9.22 Å². The zero-order valence-electron chi connectivity index (χ0n) is 17.9. The van der Waals surface area contributed by atoms with Gasteiger partial charge in [0.2, 0.25) is 0 Å². The predicted molar refractivity (Wildman–Crippen MR) is 125 cm³/mol. The van der Waals surface area contributed by atoms with Crippen LogP contribution in [0.15, 0.2) is 48.5 Å². The third kappa shape index (κ3) is 7.34. The highest BCUT2D eigenvalue weighted by molar-refractivity contribution is 6.86. The van der Waals surface area contributed by atoms with Crippen LogP contribution in [0.5, 0.6) is 5.75 Å². The van der Waals surface area contributed by atoms with Gasteiger partial charge in [0.1, 0.15) is 5.75 Å². The van der Waals surface area contributed by atoms with Gasteiger partial charge in [0.15, 0.2) is 16.6 Å². The molecule has 7 heteroatoms. The second-order valence-electron chi connectivity index (χ2n) is 8.04. The summed E-state index contributed by atoms with van der Waals surface area (Å²) in [6.07, 6.45) is 0. The summed E-state index contributed by atoms with van der Waals surface area (Å²) < 4.78 is 6.16. The zero-order valence-corrected chi connectivity index (χ0v) is 20.7. The zero-order chi connectivity index (χ0) is 22.2. The van der Waals surface area contributed by atoms with Crippen molar-refractivity contribution in [3.8, 4) is 29.0 Å². The van der Waals surface area contributed by atoms with Crippen molar-refractivity contribution in [3.05, 3.63) is 53.6 Å². The lowest BCUT2D eigenvalue weighted by molar-refractivity contribution is 0.475. The average Bonchev–Trinajstić information content (AvgIpc) is 2.69. The normalized spacial score (nSPS) is 13.3. The summed E-state index contributed by atoms with van der Waals surface area (Å²) in [6.45, 7) is 12.0. The number of phenols is 1. The molecule has 2 atom stereocenters. The van der Waals surface area contributed by atoms with Crippen LogP contribution in [0.4, 0.5) is 0 Å². The fourth-order valence-electron chi connectivity index (χ4n) is 2.48. The first kappa shape index (κ1) is 24.9. The number of rotatable bonds is 5. The van der Waals surface area contributed by atoms with E-state index in [-0.39, 0.29) is 16.8 Å². The third-order valence-electron chi connectivity index (χ3n) is 5.05. The van der Waals surface area contributed by atoms with Gasteiger partial charge in [-0.2, -0.15) is 10.5 Å². The molecule has 29 heavy (non-hydrogen) atoms. The standard InChI is InChI=1S/C12H9ClO.C10H20N2OSi2/c13-11-8-10(6-7-12(11)14)9-4-2-1-3-5-9;1-9(7-11)14(3,4)13-15(5,6)10(2)8-12/h1-8,14H;9-10H,1-6H3. The summed E-state index contributed by atoms with van der Waals surface area (Å²) in [7, 11) is -3.94. The van der Waals surface area contributed by atoms with E-state index in [4.69, 9.17) is 26.2 Å². The van der Waals surface area contributed by atoms with Crippen LogP contribution in [0.3, 0.4) is 0 Å². The smallest absolute Gasteiger partial charge is 0.190 e. The van der Waals surface area contributed by atoms with Crippen LogP contribution < -0.4 is 0 Å². The van der Waals surface area contributed by atoms with Crippen LogP contribution in [0.2, 0.25) is 42.3 Å². The van der Waals surface area contributed by atoms with Crippen molar-refractivity contribution in [3.63, 3.8) is 0 Å². The van der Waals surface area contributed by atoms with Crippen LogP contribution in [-0.2, 0) is 4.12 Å². The molecular weight excluding hydrogens is 416 g/mol. The summed E-state index contributed by atoms with van der Waals surface area (Å²) in [6, 6.07) is 19.6. The molecule has 0 radical (unpaired) electrons. The van der Waals surface area contributed by atoms with E-state index in [2.05, 4.69) is 38.3 Å². The number of nitrogens with zero attached hydrogens (tertiary/aromatic N) is 2. The van der Waals surface area contributed by atoms with E-state index in [9.17, 15) is 5.11 Å². The molecule has 0 saturated heterocycles. The number of phenolic OH excluding ortho intramolecular Hbond substituents is 1. The lowest BCUT2D eigenvalue weighted by atomic mass is 10.1. The van der Waals surface area contributed by atoms with E-state index >= 15 is 0 Å². The molecule has 0 amide bonds. The van der Waals surface area contributed by atoms with Crippen LogP contribution >= 0.6 is 11.6 Å². The summed E-state index contributed by atoms with van der Waals surface area (Å²) in [4.78, 5) is 0. The largest absolute Gasteiger partial charge is 0.506 e. The van der Waals surface area contributed by atoms with E-state index in [1.165, 1.54) is 0 Å². The van der Waals surface area contributed by atoms with Gasteiger partial charge in [0, 0.05) is 0 Å². The van der Waals surface area contributed by atoms with E-state index < -0.39 is 16.6 Å². The molecule has 0 saturated carbocycles. The van der Waals surface area contributed by atoms with Gasteiger partial charge in [-0.25, -0.2) is 0 Å². The Balaban J connectivity index is 0.000000290. The Morgan fingerprint density at radius 3 is 1.76 bits per heavy atom. The van der Waals surface area contributed by atoms with Crippen molar-refractivity contribution in [2.24, 2.45) is 0 Å². The van der Waals surface area contributed by atoms with E-state index in [0.29, 0.717) is 5.02 Å². The second kappa shape index (κ2) is 10.6. The Morgan fingerprint density at radius 2 is 1.34 bits per heavy atom. The summed E-state index contributed by atoms with van der Waals surface area (Å²) >= 11 is 5.81. The Labute approximate surface area is 181 Å². The monoisotopic (exact) mass is 444 g/mol. The van der Waals surface area contributed by atoms with E-state index in [1.54, 1.807) is 12.1 Å². The number of halogens is 1. The SMILES string of the molecule is CC(C#N)[Si](C)(C)O[Si](C)(C)C(C)C#N.Oc1ccc(-c2ccccc2)cc1Cl. The molecule has 154 valence electrons. The fourth-order valence-corrected chi connectivity index (χ4v) is 10.1. The molecule has 1 N–H and O–H groups in total. The van der Waals surface area contributed by atoms with E-state index in [1.807, 2.05) is 50.2 Å². The molecule has 0 aliphatic carbocycles. The maximum absolute atomic E-state index is 9.26. The highest BCUT2D eigenvalue weighted by atomic mass is 35.5. The molecule has 0 aliphatic heterocycles. The highest BCUT2D eigenvalue weighted by Gasteiger charge is 2.40.